The van der Waals surface area contributed by atoms with E-state index < -0.39 is 11.7 Å². The van der Waals surface area contributed by atoms with E-state index in [-0.39, 0.29) is 5.54 Å². The highest BCUT2D eigenvalue weighted by Crippen LogP contribution is 2.40. The van der Waals surface area contributed by atoms with E-state index >= 15 is 0 Å². The highest BCUT2D eigenvalue weighted by Gasteiger charge is 2.41. The lowest BCUT2D eigenvalue weighted by atomic mass is 9.85. The van der Waals surface area contributed by atoms with Crippen LogP contribution in [0.1, 0.15) is 56.6 Å². The summed E-state index contributed by atoms with van der Waals surface area (Å²) in [6, 6.07) is 6.15. The number of piperidine rings is 1. The van der Waals surface area contributed by atoms with Crippen molar-refractivity contribution in [2.75, 3.05) is 6.54 Å². The average molecular weight is 323 g/mol. The Balaban J connectivity index is 1.63. The normalized spacial score (nSPS) is 26.8. The maximum atomic E-state index is 12.6. The zero-order chi connectivity index (χ0) is 16.5. The third-order valence-corrected chi connectivity index (χ3v) is 5.15. The van der Waals surface area contributed by atoms with Gasteiger partial charge in [-0.15, -0.1) is 0 Å². The molecule has 1 saturated carbocycles. The molecule has 2 fully saturated rings. The Morgan fingerprint density at radius 2 is 1.87 bits per heavy atom. The number of nitrogens with zero attached hydrogens (tertiary/aromatic N) is 1. The Kier molecular flexibility index (Phi) is 4.54. The van der Waals surface area contributed by atoms with Crippen molar-refractivity contribution in [3.8, 4) is 0 Å². The molecule has 1 saturated heterocycles. The summed E-state index contributed by atoms with van der Waals surface area (Å²) in [6.45, 7) is 3.52. The number of alkyl halides is 3. The van der Waals surface area contributed by atoms with Crippen LogP contribution in [0.25, 0.3) is 6.08 Å². The van der Waals surface area contributed by atoms with Gasteiger partial charge in [-0.25, -0.2) is 0 Å². The summed E-state index contributed by atoms with van der Waals surface area (Å²) in [5, 5.41) is 0. The first kappa shape index (κ1) is 16.6. The summed E-state index contributed by atoms with van der Waals surface area (Å²) >= 11 is 0. The second-order valence-corrected chi connectivity index (χ2v) is 7.10. The molecule has 1 aromatic rings. The van der Waals surface area contributed by atoms with Gasteiger partial charge in [0.2, 0.25) is 0 Å². The van der Waals surface area contributed by atoms with Crippen LogP contribution < -0.4 is 0 Å². The fourth-order valence-electron chi connectivity index (χ4n) is 3.66. The van der Waals surface area contributed by atoms with E-state index in [4.69, 9.17) is 0 Å². The third-order valence-electron chi connectivity index (χ3n) is 5.15. The van der Waals surface area contributed by atoms with Gasteiger partial charge in [-0.2, -0.15) is 13.2 Å². The van der Waals surface area contributed by atoms with E-state index in [0.29, 0.717) is 0 Å². The zero-order valence-corrected chi connectivity index (χ0v) is 13.6. The molecule has 23 heavy (non-hydrogen) atoms. The van der Waals surface area contributed by atoms with E-state index in [0.717, 1.165) is 30.2 Å². The number of halogens is 3. The van der Waals surface area contributed by atoms with Gasteiger partial charge in [0, 0.05) is 11.6 Å². The summed E-state index contributed by atoms with van der Waals surface area (Å²) in [5.41, 5.74) is 0.450. The molecule has 0 bridgehead atoms. The fourth-order valence-corrected chi connectivity index (χ4v) is 3.66. The Labute approximate surface area is 136 Å². The summed E-state index contributed by atoms with van der Waals surface area (Å²) in [4.78, 5) is 2.66. The molecule has 1 aromatic carbocycles. The number of likely N-dealkylation sites (tertiary alicyclic amines) is 1. The average Bonchev–Trinajstić information content (AvgIpc) is 3.32. The van der Waals surface area contributed by atoms with Gasteiger partial charge in [0.05, 0.1) is 5.56 Å². The predicted molar refractivity (Wildman–Crippen MR) is 87.1 cm³/mol. The minimum Gasteiger partial charge on any atom is -0.295 e. The van der Waals surface area contributed by atoms with E-state index in [1.54, 1.807) is 12.1 Å². The van der Waals surface area contributed by atoms with Gasteiger partial charge < -0.3 is 0 Å². The third kappa shape index (κ3) is 3.97. The molecule has 4 heteroatoms. The van der Waals surface area contributed by atoms with E-state index in [9.17, 15) is 13.2 Å². The molecule has 3 rings (SSSR count). The fraction of sp³-hybridized carbons (Fsp3) is 0.579. The van der Waals surface area contributed by atoms with Crippen LogP contribution in [0.2, 0.25) is 0 Å². The highest BCUT2D eigenvalue weighted by molar-refractivity contribution is 5.50. The monoisotopic (exact) mass is 323 g/mol. The molecule has 1 nitrogen and oxygen atoms in total. The van der Waals surface area contributed by atoms with Gasteiger partial charge in [-0.3, -0.25) is 4.90 Å². The van der Waals surface area contributed by atoms with Gasteiger partial charge in [0.1, 0.15) is 0 Å². The van der Waals surface area contributed by atoms with Crippen molar-refractivity contribution in [2.45, 2.75) is 63.2 Å². The summed E-state index contributed by atoms with van der Waals surface area (Å²) in [7, 11) is 0. The molecule has 1 aliphatic carbocycles. The SMILES string of the molecule is CC1(C/C=C/c2ccc(C(F)(F)F)cc2)CCCCN1C1CC1. The minimum absolute atomic E-state index is 0.210. The van der Waals surface area contributed by atoms with Crippen molar-refractivity contribution >= 4 is 6.08 Å². The first-order valence-electron chi connectivity index (χ1n) is 8.49. The van der Waals surface area contributed by atoms with Crippen LogP contribution in [0.3, 0.4) is 0 Å². The van der Waals surface area contributed by atoms with Crippen LogP contribution in [-0.4, -0.2) is 23.0 Å². The number of hydrogen-bond donors (Lipinski definition) is 0. The van der Waals surface area contributed by atoms with Crippen molar-refractivity contribution in [3.05, 3.63) is 41.5 Å². The molecule has 1 unspecified atom stereocenters. The van der Waals surface area contributed by atoms with Crippen LogP contribution in [0.4, 0.5) is 13.2 Å². The van der Waals surface area contributed by atoms with Crippen molar-refractivity contribution in [2.24, 2.45) is 0 Å². The van der Waals surface area contributed by atoms with Gasteiger partial charge in [0.25, 0.3) is 0 Å². The Morgan fingerprint density at radius 3 is 2.48 bits per heavy atom. The minimum atomic E-state index is -4.26. The Hall–Kier alpha value is -1.29. The summed E-state index contributed by atoms with van der Waals surface area (Å²) < 4.78 is 37.7. The van der Waals surface area contributed by atoms with Gasteiger partial charge >= 0.3 is 6.18 Å². The van der Waals surface area contributed by atoms with Crippen LogP contribution in [-0.2, 0) is 6.18 Å². The molecule has 126 valence electrons. The molecule has 0 spiro atoms. The van der Waals surface area contributed by atoms with E-state index in [2.05, 4.69) is 17.9 Å². The lowest BCUT2D eigenvalue weighted by molar-refractivity contribution is -0.137. The van der Waals surface area contributed by atoms with E-state index in [1.165, 1.54) is 38.6 Å². The summed E-state index contributed by atoms with van der Waals surface area (Å²) in [5.74, 6) is 0. The zero-order valence-electron chi connectivity index (χ0n) is 13.6. The number of rotatable bonds is 4. The molecule has 1 aliphatic heterocycles. The van der Waals surface area contributed by atoms with Crippen LogP contribution in [0, 0.1) is 0 Å². The van der Waals surface area contributed by atoms with Crippen molar-refractivity contribution < 1.29 is 13.2 Å². The molecular formula is C19H24F3N. The number of benzene rings is 1. The Morgan fingerprint density at radius 1 is 1.17 bits per heavy atom. The molecule has 0 amide bonds. The van der Waals surface area contributed by atoms with Crippen molar-refractivity contribution in [3.63, 3.8) is 0 Å². The van der Waals surface area contributed by atoms with Gasteiger partial charge in [-0.05, 0) is 63.3 Å². The highest BCUT2D eigenvalue weighted by atomic mass is 19.4. The van der Waals surface area contributed by atoms with Gasteiger partial charge in [0.15, 0.2) is 0 Å². The van der Waals surface area contributed by atoms with Crippen LogP contribution in [0.5, 0.6) is 0 Å². The molecule has 2 aliphatic rings. The van der Waals surface area contributed by atoms with Crippen molar-refractivity contribution in [1.82, 2.24) is 4.90 Å². The molecule has 0 N–H and O–H groups in total. The standard InChI is InChI=1S/C19H24F3N/c1-18(12-2-3-14-23(18)17-10-11-17)13-4-5-15-6-8-16(9-7-15)19(20,21)22/h4-9,17H,2-3,10-14H2,1H3/b5-4+. The lowest BCUT2D eigenvalue weighted by Crippen LogP contribution is -2.50. The molecule has 0 radical (unpaired) electrons. The first-order valence-corrected chi connectivity index (χ1v) is 8.49. The quantitative estimate of drug-likeness (QED) is 0.705. The molecule has 0 aromatic heterocycles. The predicted octanol–water partition coefficient (Wildman–Crippen LogP) is 5.52. The second kappa shape index (κ2) is 6.31. The van der Waals surface area contributed by atoms with E-state index in [1.807, 2.05) is 6.08 Å². The largest absolute Gasteiger partial charge is 0.416 e. The lowest BCUT2D eigenvalue weighted by Gasteiger charge is -2.45. The first-order chi connectivity index (χ1) is 10.9. The summed E-state index contributed by atoms with van der Waals surface area (Å²) in [6.07, 6.45) is 7.18. The van der Waals surface area contributed by atoms with Crippen LogP contribution >= 0.6 is 0 Å². The maximum Gasteiger partial charge on any atom is 0.416 e. The maximum absolute atomic E-state index is 12.6. The molecule has 1 heterocycles. The molecular weight excluding hydrogens is 299 g/mol. The van der Waals surface area contributed by atoms with Crippen molar-refractivity contribution in [1.29, 1.82) is 0 Å². The number of hydrogen-bond acceptors (Lipinski definition) is 1. The molecule has 1 atom stereocenters. The smallest absolute Gasteiger partial charge is 0.295 e. The second-order valence-electron chi connectivity index (χ2n) is 7.10. The Bertz CT molecular complexity index is 557. The topological polar surface area (TPSA) is 3.24 Å². The van der Waals surface area contributed by atoms with Crippen LogP contribution in [0.15, 0.2) is 30.3 Å². The van der Waals surface area contributed by atoms with Gasteiger partial charge in [-0.1, -0.05) is 30.7 Å².